The maximum atomic E-state index is 9.70. The quantitative estimate of drug-likeness (QED) is 0.619. The van der Waals surface area contributed by atoms with Gasteiger partial charge in [-0.05, 0) is 0 Å². The Hall–Kier alpha value is -1.14. The Labute approximate surface area is 115 Å². The fourth-order valence-electron chi connectivity index (χ4n) is 0.0500. The average molecular weight is 280 g/mol. The number of carboxylic acids is 2. The molecule has 0 aromatic heterocycles. The molecule has 0 fully saturated rings. The summed E-state index contributed by atoms with van der Waals surface area (Å²) in [5.41, 5.74) is -0.306. The zero-order valence-corrected chi connectivity index (χ0v) is 12.7. The molecule has 116 valence electrons. The van der Waals surface area contributed by atoms with E-state index in [0.29, 0.717) is 0 Å². The summed E-state index contributed by atoms with van der Waals surface area (Å²) in [6.45, 7) is 10.3. The zero-order valence-electron chi connectivity index (χ0n) is 12.7. The smallest absolute Gasteiger partial charge is 0.305 e. The van der Waals surface area contributed by atoms with Crippen molar-refractivity contribution in [1.29, 1.82) is 0 Å². The highest BCUT2D eigenvalue weighted by Gasteiger charge is 2.13. The van der Waals surface area contributed by atoms with Crippen LogP contribution in [-0.4, -0.2) is 45.6 Å². The molecule has 0 aliphatic heterocycles. The molecule has 0 rings (SSSR count). The van der Waals surface area contributed by atoms with Gasteiger partial charge in [-0.1, -0.05) is 41.5 Å². The van der Waals surface area contributed by atoms with Crippen LogP contribution in [0.5, 0.6) is 0 Å². The number of aliphatic hydroxyl groups excluding tert-OH is 2. The Morgan fingerprint density at radius 1 is 0.842 bits per heavy atom. The van der Waals surface area contributed by atoms with Crippen LogP contribution in [0.15, 0.2) is 0 Å². The summed E-state index contributed by atoms with van der Waals surface area (Å²) in [4.78, 5) is 19.4. The van der Waals surface area contributed by atoms with Crippen molar-refractivity contribution in [2.75, 3.05) is 13.2 Å². The highest BCUT2D eigenvalue weighted by atomic mass is 16.4. The van der Waals surface area contributed by atoms with E-state index >= 15 is 0 Å². The lowest BCUT2D eigenvalue weighted by atomic mass is 9.97. The third-order valence-electron chi connectivity index (χ3n) is 1.84. The summed E-state index contributed by atoms with van der Waals surface area (Å²) in [6, 6.07) is 0. The molecule has 19 heavy (non-hydrogen) atoms. The van der Waals surface area contributed by atoms with Crippen LogP contribution in [0.25, 0.3) is 0 Å². The Bertz CT molecular complexity index is 222. The van der Waals surface area contributed by atoms with Crippen molar-refractivity contribution in [2.24, 2.45) is 17.3 Å². The number of hydrogen-bond acceptors (Lipinski definition) is 4. The Kier molecular flexibility index (Phi) is 14.4. The minimum atomic E-state index is -0.741. The van der Waals surface area contributed by atoms with Crippen molar-refractivity contribution in [3.63, 3.8) is 0 Å². The predicted octanol–water partition coefficient (Wildman–Crippen LogP) is 1.45. The second-order valence-electron chi connectivity index (χ2n) is 5.47. The second-order valence-corrected chi connectivity index (χ2v) is 5.47. The van der Waals surface area contributed by atoms with Gasteiger partial charge >= 0.3 is 11.9 Å². The molecular formula is C13H28O6. The maximum Gasteiger partial charge on any atom is 0.305 e. The molecule has 0 aliphatic rings. The summed E-state index contributed by atoms with van der Waals surface area (Å²) in [7, 11) is 0. The minimum absolute atomic E-state index is 0.0451. The first-order valence-corrected chi connectivity index (χ1v) is 6.08. The van der Waals surface area contributed by atoms with Crippen LogP contribution in [-0.2, 0) is 9.59 Å². The first-order valence-electron chi connectivity index (χ1n) is 6.08. The summed E-state index contributed by atoms with van der Waals surface area (Å²) in [5, 5.41) is 32.8. The summed E-state index contributed by atoms with van der Waals surface area (Å²) >= 11 is 0. The molecule has 0 spiro atoms. The molecule has 6 nitrogen and oxygen atoms in total. The fraction of sp³-hybridized carbons (Fsp3) is 0.846. The molecule has 4 N–H and O–H groups in total. The monoisotopic (exact) mass is 280 g/mol. The van der Waals surface area contributed by atoms with Crippen LogP contribution in [0.4, 0.5) is 0 Å². The topological polar surface area (TPSA) is 115 Å². The van der Waals surface area contributed by atoms with Gasteiger partial charge in [-0.2, -0.15) is 0 Å². The van der Waals surface area contributed by atoms with Gasteiger partial charge in [0.2, 0.25) is 0 Å². The summed E-state index contributed by atoms with van der Waals surface area (Å²) in [6.07, 6.45) is 0. The zero-order chi connectivity index (χ0) is 16.2. The van der Waals surface area contributed by atoms with E-state index in [2.05, 4.69) is 0 Å². The number of rotatable bonds is 4. The van der Waals surface area contributed by atoms with E-state index in [0.717, 1.165) is 0 Å². The molecule has 0 saturated carbocycles. The molecule has 0 aromatic carbocycles. The highest BCUT2D eigenvalue weighted by molar-refractivity contribution is 5.69. The van der Waals surface area contributed by atoms with E-state index in [1.54, 1.807) is 41.5 Å². The van der Waals surface area contributed by atoms with Crippen LogP contribution in [0.2, 0.25) is 0 Å². The van der Waals surface area contributed by atoms with Gasteiger partial charge in [0.15, 0.2) is 0 Å². The molecule has 0 unspecified atom stereocenters. The number of carboxylic acid groups (broad SMARTS) is 2. The minimum Gasteiger partial charge on any atom is -0.481 e. The van der Waals surface area contributed by atoms with Crippen LogP contribution in [0.3, 0.4) is 0 Å². The summed E-state index contributed by atoms with van der Waals surface area (Å²) < 4.78 is 0. The van der Waals surface area contributed by atoms with E-state index < -0.39 is 11.9 Å². The molecule has 0 heterocycles. The standard InChI is InChI=1S/C5H12O2.2C4H8O2/c1-5(2,3-6)4-7;2*1-3(2)4(5)6/h6-7H,3-4H2,1-2H3;2*3H,1-2H3,(H,5,6). The van der Waals surface area contributed by atoms with Crippen molar-refractivity contribution in [3.8, 4) is 0 Å². The van der Waals surface area contributed by atoms with Crippen molar-refractivity contribution in [3.05, 3.63) is 0 Å². The van der Waals surface area contributed by atoms with Crippen molar-refractivity contribution >= 4 is 11.9 Å². The van der Waals surface area contributed by atoms with E-state index in [9.17, 15) is 9.59 Å². The summed E-state index contributed by atoms with van der Waals surface area (Å²) in [5.74, 6) is -1.94. The number of carbonyl (C=O) groups is 2. The van der Waals surface area contributed by atoms with E-state index in [4.69, 9.17) is 20.4 Å². The molecule has 0 saturated heterocycles. The van der Waals surface area contributed by atoms with Crippen LogP contribution in [0, 0.1) is 17.3 Å². The Balaban J connectivity index is -0.000000203. The third kappa shape index (κ3) is 22.5. The van der Waals surface area contributed by atoms with Gasteiger partial charge in [0.05, 0.1) is 25.0 Å². The molecule has 0 bridgehead atoms. The Morgan fingerprint density at radius 2 is 1.00 bits per heavy atom. The van der Waals surface area contributed by atoms with E-state index in [1.165, 1.54) is 0 Å². The van der Waals surface area contributed by atoms with Gasteiger partial charge in [-0.15, -0.1) is 0 Å². The van der Waals surface area contributed by atoms with Crippen LogP contribution >= 0.6 is 0 Å². The molecule has 0 aliphatic carbocycles. The van der Waals surface area contributed by atoms with E-state index in [1.807, 2.05) is 0 Å². The first-order chi connectivity index (χ1) is 8.41. The van der Waals surface area contributed by atoms with Gasteiger partial charge in [0.25, 0.3) is 0 Å². The maximum absolute atomic E-state index is 9.70. The fourth-order valence-corrected chi connectivity index (χ4v) is 0.0500. The second kappa shape index (κ2) is 11.9. The molecule has 6 heteroatoms. The lowest BCUT2D eigenvalue weighted by molar-refractivity contribution is -0.141. The molecule has 0 atom stereocenters. The van der Waals surface area contributed by atoms with Crippen molar-refractivity contribution in [2.45, 2.75) is 41.5 Å². The molecule has 0 amide bonds. The van der Waals surface area contributed by atoms with E-state index in [-0.39, 0.29) is 30.5 Å². The van der Waals surface area contributed by atoms with Gasteiger partial charge in [0, 0.05) is 5.41 Å². The first kappa shape index (κ1) is 23.0. The van der Waals surface area contributed by atoms with Gasteiger partial charge in [-0.3, -0.25) is 9.59 Å². The lowest BCUT2D eigenvalue weighted by Crippen LogP contribution is -2.20. The van der Waals surface area contributed by atoms with Gasteiger partial charge in [0.1, 0.15) is 0 Å². The highest BCUT2D eigenvalue weighted by Crippen LogP contribution is 2.10. The Morgan fingerprint density at radius 3 is 1.00 bits per heavy atom. The molecule has 0 radical (unpaired) electrons. The normalized spacial score (nSPS) is 10.2. The molecule has 0 aromatic rings. The molecular weight excluding hydrogens is 252 g/mol. The number of aliphatic hydroxyl groups is 2. The number of hydrogen-bond donors (Lipinski definition) is 4. The lowest BCUT2D eigenvalue weighted by Gasteiger charge is -2.16. The number of aliphatic carboxylic acids is 2. The largest absolute Gasteiger partial charge is 0.481 e. The van der Waals surface area contributed by atoms with Gasteiger partial charge in [-0.25, -0.2) is 0 Å². The third-order valence-corrected chi connectivity index (χ3v) is 1.84. The van der Waals surface area contributed by atoms with Crippen LogP contribution in [0.1, 0.15) is 41.5 Å². The van der Waals surface area contributed by atoms with Gasteiger partial charge < -0.3 is 20.4 Å². The van der Waals surface area contributed by atoms with Crippen molar-refractivity contribution in [1.82, 2.24) is 0 Å². The SMILES string of the molecule is CC(C)(CO)CO.CC(C)C(=O)O.CC(C)C(=O)O. The predicted molar refractivity (Wildman–Crippen MR) is 72.9 cm³/mol. The average Bonchev–Trinajstić information content (AvgIpc) is 2.30. The van der Waals surface area contributed by atoms with Crippen LogP contribution < -0.4 is 0 Å². The van der Waals surface area contributed by atoms with Crippen molar-refractivity contribution < 1.29 is 30.0 Å².